The number of aromatic hydroxyl groups is 1. The fourth-order valence-corrected chi connectivity index (χ4v) is 2.17. The predicted octanol–water partition coefficient (Wildman–Crippen LogP) is 3.35. The normalized spacial score (nSPS) is 10.6. The molecule has 0 atom stereocenters. The highest BCUT2D eigenvalue weighted by Gasteiger charge is 2.05. The summed E-state index contributed by atoms with van der Waals surface area (Å²) >= 11 is 0. The lowest BCUT2D eigenvalue weighted by molar-refractivity contribution is 0.247. The van der Waals surface area contributed by atoms with E-state index in [1.807, 2.05) is 30.3 Å². The third kappa shape index (κ3) is 3.83. The molecule has 0 aliphatic rings. The Morgan fingerprint density at radius 3 is 2.43 bits per heavy atom. The maximum atomic E-state index is 11.3. The summed E-state index contributed by atoms with van der Waals surface area (Å²) in [6.07, 6.45) is 0.719. The molecule has 0 aliphatic carbocycles. The average molecular weight is 312 g/mol. The minimum atomic E-state index is -0.594. The molecule has 5 nitrogen and oxygen atoms in total. The number of benzene rings is 2. The molecule has 118 valence electrons. The van der Waals surface area contributed by atoms with E-state index >= 15 is 0 Å². The standard InChI is InChI=1S/C18H16O5/c19-16-12-18(20)23-17-11-14(7-8-15(16)17)22-10-4-9-21-13-5-2-1-3-6-13/h1-3,5-8,11-12,19H,4,9-10H2. The summed E-state index contributed by atoms with van der Waals surface area (Å²) in [5, 5.41) is 10.2. The van der Waals surface area contributed by atoms with Gasteiger partial charge in [-0.15, -0.1) is 0 Å². The SMILES string of the molecule is O=c1cc(O)c2ccc(OCCCOc3ccccc3)cc2o1. The van der Waals surface area contributed by atoms with E-state index in [-0.39, 0.29) is 5.75 Å². The maximum absolute atomic E-state index is 11.3. The lowest BCUT2D eigenvalue weighted by Crippen LogP contribution is -2.05. The molecule has 0 aliphatic heterocycles. The quantitative estimate of drug-likeness (QED) is 0.558. The van der Waals surface area contributed by atoms with Gasteiger partial charge in [0.15, 0.2) is 0 Å². The molecule has 0 unspecified atom stereocenters. The van der Waals surface area contributed by atoms with Crippen LogP contribution in [0.25, 0.3) is 11.0 Å². The van der Waals surface area contributed by atoms with Crippen molar-refractivity contribution in [2.45, 2.75) is 6.42 Å². The van der Waals surface area contributed by atoms with Gasteiger partial charge in [-0.25, -0.2) is 4.79 Å². The fraction of sp³-hybridized carbons (Fsp3) is 0.167. The number of hydrogen-bond acceptors (Lipinski definition) is 5. The van der Waals surface area contributed by atoms with Gasteiger partial charge in [-0.1, -0.05) is 18.2 Å². The molecule has 0 amide bonds. The first kappa shape index (κ1) is 15.0. The van der Waals surface area contributed by atoms with Crippen LogP contribution in [0.4, 0.5) is 0 Å². The van der Waals surface area contributed by atoms with Crippen LogP contribution in [0, 0.1) is 0 Å². The lowest BCUT2D eigenvalue weighted by atomic mass is 10.2. The van der Waals surface area contributed by atoms with Crippen molar-refractivity contribution in [3.8, 4) is 17.2 Å². The Morgan fingerprint density at radius 1 is 0.913 bits per heavy atom. The van der Waals surface area contributed by atoms with Crippen LogP contribution in [-0.4, -0.2) is 18.3 Å². The summed E-state index contributed by atoms with van der Waals surface area (Å²) in [6, 6.07) is 15.6. The summed E-state index contributed by atoms with van der Waals surface area (Å²) in [4.78, 5) is 11.3. The Hall–Kier alpha value is -2.95. The summed E-state index contributed by atoms with van der Waals surface area (Å²) in [7, 11) is 0. The topological polar surface area (TPSA) is 68.9 Å². The van der Waals surface area contributed by atoms with E-state index in [1.165, 1.54) is 0 Å². The van der Waals surface area contributed by atoms with Crippen molar-refractivity contribution >= 4 is 11.0 Å². The number of rotatable bonds is 6. The first-order chi connectivity index (χ1) is 11.2. The average Bonchev–Trinajstić information content (AvgIpc) is 2.55. The molecule has 1 heterocycles. The summed E-state index contributed by atoms with van der Waals surface area (Å²) in [6.45, 7) is 1.02. The second-order valence-electron chi connectivity index (χ2n) is 4.97. The van der Waals surface area contributed by atoms with E-state index < -0.39 is 5.63 Å². The van der Waals surface area contributed by atoms with Crippen molar-refractivity contribution in [3.63, 3.8) is 0 Å². The van der Waals surface area contributed by atoms with Crippen molar-refractivity contribution in [1.29, 1.82) is 0 Å². The van der Waals surface area contributed by atoms with E-state index in [0.29, 0.717) is 29.9 Å². The van der Waals surface area contributed by atoms with Crippen LogP contribution in [0.2, 0.25) is 0 Å². The van der Waals surface area contributed by atoms with Crippen LogP contribution in [0.3, 0.4) is 0 Å². The predicted molar refractivity (Wildman–Crippen MR) is 86.2 cm³/mol. The fourth-order valence-electron chi connectivity index (χ4n) is 2.17. The number of ether oxygens (including phenoxy) is 2. The van der Waals surface area contributed by atoms with Gasteiger partial charge in [-0.3, -0.25) is 0 Å². The third-order valence-corrected chi connectivity index (χ3v) is 3.26. The minimum absolute atomic E-state index is 0.0981. The molecule has 0 bridgehead atoms. The molecule has 23 heavy (non-hydrogen) atoms. The van der Waals surface area contributed by atoms with Gasteiger partial charge in [-0.2, -0.15) is 0 Å². The Labute approximate surface area is 132 Å². The summed E-state index contributed by atoms with van der Waals surface area (Å²) in [5.74, 6) is 1.31. The Balaban J connectivity index is 1.54. The maximum Gasteiger partial charge on any atom is 0.339 e. The number of hydrogen-bond donors (Lipinski definition) is 1. The third-order valence-electron chi connectivity index (χ3n) is 3.26. The second-order valence-corrected chi connectivity index (χ2v) is 4.97. The van der Waals surface area contributed by atoms with Gasteiger partial charge in [0.1, 0.15) is 22.8 Å². The highest BCUT2D eigenvalue weighted by atomic mass is 16.5. The highest BCUT2D eigenvalue weighted by Crippen LogP contribution is 2.26. The van der Waals surface area contributed by atoms with Crippen LogP contribution in [0.15, 0.2) is 63.8 Å². The molecule has 0 saturated carbocycles. The highest BCUT2D eigenvalue weighted by molar-refractivity contribution is 5.83. The van der Waals surface area contributed by atoms with Crippen molar-refractivity contribution < 1.29 is 19.0 Å². The Morgan fingerprint density at radius 2 is 1.65 bits per heavy atom. The van der Waals surface area contributed by atoms with Gasteiger partial charge in [-0.05, 0) is 24.3 Å². The first-order valence-electron chi connectivity index (χ1n) is 7.30. The number of fused-ring (bicyclic) bond motifs is 1. The van der Waals surface area contributed by atoms with Crippen molar-refractivity contribution in [3.05, 3.63) is 65.0 Å². The zero-order valence-corrected chi connectivity index (χ0v) is 12.4. The molecule has 0 spiro atoms. The van der Waals surface area contributed by atoms with E-state index in [4.69, 9.17) is 13.9 Å². The van der Waals surface area contributed by atoms with E-state index in [1.54, 1.807) is 18.2 Å². The molecule has 5 heteroatoms. The van der Waals surface area contributed by atoms with Crippen molar-refractivity contribution in [2.75, 3.05) is 13.2 Å². The van der Waals surface area contributed by atoms with Crippen LogP contribution in [0.5, 0.6) is 17.2 Å². The first-order valence-corrected chi connectivity index (χ1v) is 7.30. The molecule has 0 fully saturated rings. The smallest absolute Gasteiger partial charge is 0.339 e. The molecule has 0 saturated heterocycles. The molecule has 0 radical (unpaired) electrons. The zero-order chi connectivity index (χ0) is 16.1. The van der Waals surface area contributed by atoms with Gasteiger partial charge >= 0.3 is 5.63 Å². The van der Waals surface area contributed by atoms with Gasteiger partial charge in [0.2, 0.25) is 0 Å². The van der Waals surface area contributed by atoms with Crippen molar-refractivity contribution in [1.82, 2.24) is 0 Å². The molecule has 1 aromatic heterocycles. The molecule has 3 rings (SSSR count). The summed E-state index contributed by atoms with van der Waals surface area (Å²) < 4.78 is 16.2. The Bertz CT molecular complexity index is 839. The van der Waals surface area contributed by atoms with Crippen LogP contribution >= 0.6 is 0 Å². The minimum Gasteiger partial charge on any atom is -0.507 e. The Kier molecular flexibility index (Phi) is 4.47. The monoisotopic (exact) mass is 312 g/mol. The van der Waals surface area contributed by atoms with Gasteiger partial charge in [0, 0.05) is 12.5 Å². The molecule has 2 aromatic carbocycles. The van der Waals surface area contributed by atoms with Crippen LogP contribution in [-0.2, 0) is 0 Å². The van der Waals surface area contributed by atoms with E-state index in [2.05, 4.69) is 0 Å². The second kappa shape index (κ2) is 6.87. The summed E-state index contributed by atoms with van der Waals surface area (Å²) in [5.41, 5.74) is -0.295. The van der Waals surface area contributed by atoms with Crippen LogP contribution in [0.1, 0.15) is 6.42 Å². The van der Waals surface area contributed by atoms with Gasteiger partial charge in [0.25, 0.3) is 0 Å². The largest absolute Gasteiger partial charge is 0.507 e. The molecular formula is C18H16O5. The zero-order valence-electron chi connectivity index (χ0n) is 12.4. The van der Waals surface area contributed by atoms with Crippen LogP contribution < -0.4 is 15.1 Å². The number of para-hydroxylation sites is 1. The molecule has 3 aromatic rings. The van der Waals surface area contributed by atoms with E-state index in [9.17, 15) is 9.90 Å². The van der Waals surface area contributed by atoms with Crippen molar-refractivity contribution in [2.24, 2.45) is 0 Å². The van der Waals surface area contributed by atoms with E-state index in [0.717, 1.165) is 18.2 Å². The van der Waals surface area contributed by atoms with Gasteiger partial charge < -0.3 is 19.0 Å². The lowest BCUT2D eigenvalue weighted by Gasteiger charge is -2.08. The molecular weight excluding hydrogens is 296 g/mol. The molecule has 1 N–H and O–H groups in total. The van der Waals surface area contributed by atoms with Gasteiger partial charge in [0.05, 0.1) is 24.7 Å².